The van der Waals surface area contributed by atoms with E-state index in [2.05, 4.69) is 10.2 Å². The number of hydrogen-bond acceptors (Lipinski definition) is 4. The number of halogens is 1. The van der Waals surface area contributed by atoms with E-state index >= 15 is 0 Å². The molecule has 100 valence electrons. The number of alkyl halides is 1. The Morgan fingerprint density at radius 3 is 2.65 bits per heavy atom. The van der Waals surface area contributed by atoms with Crippen molar-refractivity contribution < 1.29 is 19.0 Å². The molecule has 1 fully saturated rings. The highest BCUT2D eigenvalue weighted by Crippen LogP contribution is 2.07. The Balaban J connectivity index is 2.20. The Hall–Kier alpha value is -0.720. The fourth-order valence-corrected chi connectivity index (χ4v) is 1.57. The first-order valence-electron chi connectivity index (χ1n) is 5.85. The molecule has 0 aromatic heterocycles. The van der Waals surface area contributed by atoms with Gasteiger partial charge in [-0.25, -0.2) is 4.39 Å². The van der Waals surface area contributed by atoms with Crippen LogP contribution in [0, 0.1) is 0 Å². The number of aliphatic hydroxyl groups is 1. The number of β-amino-alcohol motifs (C(OH)–C–C–N with tert-alkyl or cyclic N) is 1. The summed E-state index contributed by atoms with van der Waals surface area (Å²) >= 11 is 0. The van der Waals surface area contributed by atoms with E-state index in [1.807, 2.05) is 0 Å². The van der Waals surface area contributed by atoms with E-state index in [4.69, 9.17) is 4.74 Å². The van der Waals surface area contributed by atoms with Gasteiger partial charge in [0.25, 0.3) is 5.91 Å². The first kappa shape index (κ1) is 14.3. The molecule has 6 heteroatoms. The predicted molar refractivity (Wildman–Crippen MR) is 61.5 cm³/mol. The Morgan fingerprint density at radius 2 is 2.12 bits per heavy atom. The average molecular weight is 248 g/mol. The minimum absolute atomic E-state index is 0.0730. The lowest BCUT2D eigenvalue weighted by atomic mass is 10.1. The van der Waals surface area contributed by atoms with Crippen LogP contribution in [0.1, 0.15) is 13.8 Å². The average Bonchev–Trinajstić information content (AvgIpc) is 2.26. The number of amides is 1. The van der Waals surface area contributed by atoms with Crippen LogP contribution in [-0.2, 0) is 9.53 Å². The van der Waals surface area contributed by atoms with Gasteiger partial charge in [0.1, 0.15) is 0 Å². The first-order chi connectivity index (χ1) is 7.89. The fraction of sp³-hybridized carbons (Fsp3) is 0.909. The summed E-state index contributed by atoms with van der Waals surface area (Å²) in [5, 5.41) is 12.1. The predicted octanol–water partition coefficient (Wildman–Crippen LogP) is -0.456. The number of hydrogen-bond donors (Lipinski definition) is 2. The van der Waals surface area contributed by atoms with Gasteiger partial charge in [0.2, 0.25) is 0 Å². The van der Waals surface area contributed by atoms with Gasteiger partial charge >= 0.3 is 0 Å². The Kier molecular flexibility index (Phi) is 5.30. The summed E-state index contributed by atoms with van der Waals surface area (Å²) in [7, 11) is 0. The number of aliphatic hydroxyl groups excluding tert-OH is 1. The number of carbonyl (C=O) groups is 1. The van der Waals surface area contributed by atoms with Crippen molar-refractivity contribution in [2.75, 3.05) is 39.4 Å². The van der Waals surface area contributed by atoms with Crippen molar-refractivity contribution in [2.45, 2.75) is 25.6 Å². The van der Waals surface area contributed by atoms with E-state index < -0.39 is 17.7 Å². The lowest BCUT2D eigenvalue weighted by molar-refractivity contribution is -0.131. The van der Waals surface area contributed by atoms with Crippen LogP contribution in [0.3, 0.4) is 0 Å². The standard InChI is InChI=1S/C11H21FN2O3/c1-11(2,12)10(16)13-7-9(15)8-14-3-5-17-6-4-14/h9,15H,3-8H2,1-2H3,(H,13,16). The Bertz CT molecular complexity index is 250. The molecule has 0 spiro atoms. The zero-order valence-corrected chi connectivity index (χ0v) is 10.4. The minimum atomic E-state index is -1.90. The van der Waals surface area contributed by atoms with Crippen molar-refractivity contribution in [1.29, 1.82) is 0 Å². The lowest BCUT2D eigenvalue weighted by Gasteiger charge is -2.28. The number of carbonyl (C=O) groups excluding carboxylic acids is 1. The molecule has 5 nitrogen and oxygen atoms in total. The van der Waals surface area contributed by atoms with Gasteiger partial charge in [-0.3, -0.25) is 9.69 Å². The molecule has 17 heavy (non-hydrogen) atoms. The number of rotatable bonds is 5. The number of ether oxygens (including phenoxy) is 1. The third-order valence-electron chi connectivity index (χ3n) is 2.61. The van der Waals surface area contributed by atoms with E-state index in [9.17, 15) is 14.3 Å². The zero-order valence-electron chi connectivity index (χ0n) is 10.4. The Labute approximate surface area is 101 Å². The van der Waals surface area contributed by atoms with Crippen molar-refractivity contribution >= 4 is 5.91 Å². The molecule has 0 saturated carbocycles. The third-order valence-corrected chi connectivity index (χ3v) is 2.61. The van der Waals surface area contributed by atoms with Crippen LogP contribution in [0.4, 0.5) is 4.39 Å². The molecule has 1 unspecified atom stereocenters. The van der Waals surface area contributed by atoms with Gasteiger partial charge in [-0.2, -0.15) is 0 Å². The van der Waals surface area contributed by atoms with Crippen LogP contribution in [-0.4, -0.2) is 67.1 Å². The largest absolute Gasteiger partial charge is 0.390 e. The summed E-state index contributed by atoms with van der Waals surface area (Å²) in [5.74, 6) is -0.696. The minimum Gasteiger partial charge on any atom is -0.390 e. The molecule has 0 aromatic carbocycles. The van der Waals surface area contributed by atoms with Crippen LogP contribution in [0.15, 0.2) is 0 Å². The van der Waals surface area contributed by atoms with Gasteiger partial charge < -0.3 is 15.2 Å². The van der Waals surface area contributed by atoms with Gasteiger partial charge in [-0.1, -0.05) is 0 Å². The van der Waals surface area contributed by atoms with E-state index in [-0.39, 0.29) is 6.54 Å². The maximum Gasteiger partial charge on any atom is 0.257 e. The summed E-state index contributed by atoms with van der Waals surface area (Å²) in [6, 6.07) is 0. The van der Waals surface area contributed by atoms with Crippen LogP contribution >= 0.6 is 0 Å². The molecule has 1 aliphatic heterocycles. The second-order valence-electron chi connectivity index (χ2n) is 4.75. The smallest absolute Gasteiger partial charge is 0.257 e. The van der Waals surface area contributed by atoms with Crippen LogP contribution in [0.2, 0.25) is 0 Å². The summed E-state index contributed by atoms with van der Waals surface area (Å²) < 4.78 is 18.4. The number of nitrogens with zero attached hydrogens (tertiary/aromatic N) is 1. The van der Waals surface area contributed by atoms with Gasteiger partial charge in [0.05, 0.1) is 19.3 Å². The molecular weight excluding hydrogens is 227 g/mol. The SMILES string of the molecule is CC(C)(F)C(=O)NCC(O)CN1CCOCC1. The normalized spacial score (nSPS) is 20.0. The molecule has 1 saturated heterocycles. The highest BCUT2D eigenvalue weighted by Gasteiger charge is 2.26. The van der Waals surface area contributed by atoms with E-state index in [0.717, 1.165) is 13.1 Å². The summed E-state index contributed by atoms with van der Waals surface area (Å²) in [4.78, 5) is 13.3. The maximum atomic E-state index is 13.2. The van der Waals surface area contributed by atoms with Crippen molar-refractivity contribution in [3.05, 3.63) is 0 Å². The quantitative estimate of drug-likeness (QED) is 0.691. The van der Waals surface area contributed by atoms with Crippen molar-refractivity contribution in [1.82, 2.24) is 10.2 Å². The molecule has 0 radical (unpaired) electrons. The van der Waals surface area contributed by atoms with E-state index in [0.29, 0.717) is 19.8 Å². The number of morpholine rings is 1. The summed E-state index contributed by atoms with van der Waals surface area (Å²) in [5.41, 5.74) is -1.90. The molecule has 1 rings (SSSR count). The molecule has 1 amide bonds. The molecule has 1 heterocycles. The molecular formula is C11H21FN2O3. The summed E-state index contributed by atoms with van der Waals surface area (Å²) in [6.07, 6.45) is -0.681. The van der Waals surface area contributed by atoms with Crippen molar-refractivity contribution in [2.24, 2.45) is 0 Å². The molecule has 0 bridgehead atoms. The van der Waals surface area contributed by atoms with Gasteiger partial charge in [0.15, 0.2) is 5.67 Å². The van der Waals surface area contributed by atoms with Gasteiger partial charge in [0, 0.05) is 26.2 Å². The molecule has 1 aliphatic rings. The van der Waals surface area contributed by atoms with E-state index in [1.165, 1.54) is 13.8 Å². The zero-order chi connectivity index (χ0) is 12.9. The molecule has 1 atom stereocenters. The second-order valence-corrected chi connectivity index (χ2v) is 4.75. The van der Waals surface area contributed by atoms with Crippen LogP contribution < -0.4 is 5.32 Å². The lowest BCUT2D eigenvalue weighted by Crippen LogP contribution is -2.47. The number of nitrogens with one attached hydrogen (secondary N) is 1. The molecule has 0 aromatic rings. The first-order valence-corrected chi connectivity index (χ1v) is 5.85. The molecule has 0 aliphatic carbocycles. The van der Waals surface area contributed by atoms with Gasteiger partial charge in [-0.15, -0.1) is 0 Å². The maximum absolute atomic E-state index is 13.2. The van der Waals surface area contributed by atoms with Crippen LogP contribution in [0.5, 0.6) is 0 Å². The highest BCUT2D eigenvalue weighted by atomic mass is 19.1. The van der Waals surface area contributed by atoms with Gasteiger partial charge in [-0.05, 0) is 13.8 Å². The molecule has 2 N–H and O–H groups in total. The highest BCUT2D eigenvalue weighted by molar-refractivity contribution is 5.84. The van der Waals surface area contributed by atoms with Crippen molar-refractivity contribution in [3.8, 4) is 0 Å². The second kappa shape index (κ2) is 6.28. The summed E-state index contributed by atoms with van der Waals surface area (Å²) in [6.45, 7) is 5.81. The van der Waals surface area contributed by atoms with Crippen LogP contribution in [0.25, 0.3) is 0 Å². The van der Waals surface area contributed by atoms with E-state index in [1.54, 1.807) is 0 Å². The third kappa shape index (κ3) is 5.43. The van der Waals surface area contributed by atoms with Crippen molar-refractivity contribution in [3.63, 3.8) is 0 Å². The topological polar surface area (TPSA) is 61.8 Å². The Morgan fingerprint density at radius 1 is 1.53 bits per heavy atom. The fourth-order valence-electron chi connectivity index (χ4n) is 1.57. The monoisotopic (exact) mass is 248 g/mol.